The molecule has 1 amide bonds. The van der Waals surface area contributed by atoms with Gasteiger partial charge >= 0.3 is 5.97 Å². The SMILES string of the molecule is C=CCCC(NC(=O)c1cnn(C(C)(C)C)c1C)C(=O)O. The Bertz CT molecular complexity index is 541. The number of carboxylic acids is 1. The van der Waals surface area contributed by atoms with Crippen molar-refractivity contribution in [2.75, 3.05) is 0 Å². The molecule has 0 aliphatic rings. The second-order valence-corrected chi connectivity index (χ2v) is 5.96. The molecule has 0 saturated heterocycles. The van der Waals surface area contributed by atoms with Crippen molar-refractivity contribution in [1.82, 2.24) is 15.1 Å². The Morgan fingerprint density at radius 3 is 2.57 bits per heavy atom. The number of aromatic nitrogens is 2. The van der Waals surface area contributed by atoms with E-state index >= 15 is 0 Å². The molecule has 21 heavy (non-hydrogen) atoms. The van der Waals surface area contributed by atoms with E-state index < -0.39 is 17.9 Å². The van der Waals surface area contributed by atoms with E-state index in [-0.39, 0.29) is 5.54 Å². The van der Waals surface area contributed by atoms with Crippen molar-refractivity contribution in [2.24, 2.45) is 0 Å². The monoisotopic (exact) mass is 293 g/mol. The molecule has 116 valence electrons. The molecule has 0 bridgehead atoms. The molecule has 6 heteroatoms. The van der Waals surface area contributed by atoms with Crippen LogP contribution in [-0.2, 0) is 10.3 Å². The van der Waals surface area contributed by atoms with E-state index in [1.54, 1.807) is 17.7 Å². The van der Waals surface area contributed by atoms with Crippen molar-refractivity contribution in [1.29, 1.82) is 0 Å². The van der Waals surface area contributed by atoms with Gasteiger partial charge in [-0.25, -0.2) is 4.79 Å². The van der Waals surface area contributed by atoms with Gasteiger partial charge in [-0.1, -0.05) is 6.08 Å². The lowest BCUT2D eigenvalue weighted by atomic mass is 10.1. The van der Waals surface area contributed by atoms with Gasteiger partial charge < -0.3 is 10.4 Å². The lowest BCUT2D eigenvalue weighted by Crippen LogP contribution is -2.40. The van der Waals surface area contributed by atoms with Crippen LogP contribution in [0.5, 0.6) is 0 Å². The van der Waals surface area contributed by atoms with Crippen LogP contribution in [0.2, 0.25) is 0 Å². The Balaban J connectivity index is 2.91. The number of carboxylic acid groups (broad SMARTS) is 1. The normalized spacial score (nSPS) is 12.8. The van der Waals surface area contributed by atoms with Crippen molar-refractivity contribution in [3.63, 3.8) is 0 Å². The van der Waals surface area contributed by atoms with Gasteiger partial charge in [0.1, 0.15) is 6.04 Å². The molecule has 2 N–H and O–H groups in total. The molecule has 1 aromatic heterocycles. The van der Waals surface area contributed by atoms with Crippen molar-refractivity contribution < 1.29 is 14.7 Å². The van der Waals surface area contributed by atoms with Crippen LogP contribution in [0.25, 0.3) is 0 Å². The van der Waals surface area contributed by atoms with Crippen molar-refractivity contribution >= 4 is 11.9 Å². The Labute approximate surface area is 124 Å². The fourth-order valence-corrected chi connectivity index (χ4v) is 2.09. The fourth-order valence-electron chi connectivity index (χ4n) is 2.09. The van der Waals surface area contributed by atoms with Gasteiger partial charge in [0.2, 0.25) is 0 Å². The number of hydrogen-bond donors (Lipinski definition) is 2. The molecule has 1 aromatic rings. The molecule has 0 aliphatic heterocycles. The number of hydrogen-bond acceptors (Lipinski definition) is 3. The van der Waals surface area contributed by atoms with Gasteiger partial charge in [0.15, 0.2) is 0 Å². The summed E-state index contributed by atoms with van der Waals surface area (Å²) in [6, 6.07) is -0.923. The molecule has 0 fully saturated rings. The maximum atomic E-state index is 12.2. The van der Waals surface area contributed by atoms with Gasteiger partial charge in [-0.15, -0.1) is 6.58 Å². The average Bonchev–Trinajstić information content (AvgIpc) is 2.75. The zero-order valence-corrected chi connectivity index (χ0v) is 13.0. The zero-order chi connectivity index (χ0) is 16.2. The summed E-state index contributed by atoms with van der Waals surface area (Å²) in [5, 5.41) is 15.9. The number of carbonyl (C=O) groups excluding carboxylic acids is 1. The third kappa shape index (κ3) is 4.18. The minimum atomic E-state index is -1.05. The standard InChI is InChI=1S/C15H23N3O3/c1-6-7-8-12(14(20)21)17-13(19)11-9-16-18(10(11)2)15(3,4)5/h6,9,12H,1,7-8H2,2-5H3,(H,17,19)(H,20,21). The Kier molecular flexibility index (Phi) is 5.29. The van der Waals surface area contributed by atoms with E-state index in [1.807, 2.05) is 20.8 Å². The molecule has 0 saturated carbocycles. The summed E-state index contributed by atoms with van der Waals surface area (Å²) in [4.78, 5) is 23.4. The zero-order valence-electron chi connectivity index (χ0n) is 13.0. The number of nitrogens with zero attached hydrogens (tertiary/aromatic N) is 2. The first kappa shape index (κ1) is 16.9. The van der Waals surface area contributed by atoms with Crippen LogP contribution >= 0.6 is 0 Å². The molecular formula is C15H23N3O3. The van der Waals surface area contributed by atoms with Crippen LogP contribution in [0.1, 0.15) is 49.7 Å². The fraction of sp³-hybridized carbons (Fsp3) is 0.533. The third-order valence-corrected chi connectivity index (χ3v) is 3.15. The van der Waals surface area contributed by atoms with Crippen molar-refractivity contribution in [3.05, 3.63) is 30.1 Å². The summed E-state index contributed by atoms with van der Waals surface area (Å²) in [7, 11) is 0. The second kappa shape index (κ2) is 6.56. The van der Waals surface area contributed by atoms with Crippen LogP contribution in [0.15, 0.2) is 18.9 Å². The van der Waals surface area contributed by atoms with Crippen molar-refractivity contribution in [3.8, 4) is 0 Å². The largest absolute Gasteiger partial charge is 0.480 e. The maximum Gasteiger partial charge on any atom is 0.326 e. The lowest BCUT2D eigenvalue weighted by Gasteiger charge is -2.21. The lowest BCUT2D eigenvalue weighted by molar-refractivity contribution is -0.139. The molecule has 0 radical (unpaired) electrons. The number of nitrogens with one attached hydrogen (secondary N) is 1. The third-order valence-electron chi connectivity index (χ3n) is 3.15. The minimum Gasteiger partial charge on any atom is -0.480 e. The average molecular weight is 293 g/mol. The molecule has 1 rings (SSSR count). The minimum absolute atomic E-state index is 0.238. The van der Waals surface area contributed by atoms with E-state index in [0.29, 0.717) is 24.1 Å². The first-order valence-corrected chi connectivity index (χ1v) is 6.88. The topological polar surface area (TPSA) is 84.2 Å². The number of aliphatic carboxylic acids is 1. The molecule has 1 unspecified atom stereocenters. The molecule has 0 aliphatic carbocycles. The predicted octanol–water partition coefficient (Wildman–Crippen LogP) is 2.10. The molecule has 1 heterocycles. The summed E-state index contributed by atoms with van der Waals surface area (Å²) in [6.07, 6.45) is 3.95. The molecule has 6 nitrogen and oxygen atoms in total. The summed E-state index contributed by atoms with van der Waals surface area (Å²) < 4.78 is 1.75. The van der Waals surface area contributed by atoms with E-state index in [4.69, 9.17) is 5.11 Å². The number of allylic oxidation sites excluding steroid dienone is 1. The number of rotatable bonds is 6. The van der Waals surface area contributed by atoms with Crippen LogP contribution in [0.3, 0.4) is 0 Å². The highest BCUT2D eigenvalue weighted by molar-refractivity contribution is 5.97. The first-order chi connectivity index (χ1) is 9.68. The van der Waals surface area contributed by atoms with E-state index in [2.05, 4.69) is 17.0 Å². The predicted molar refractivity (Wildman–Crippen MR) is 80.3 cm³/mol. The number of carbonyl (C=O) groups is 2. The highest BCUT2D eigenvalue weighted by Gasteiger charge is 2.24. The van der Waals surface area contributed by atoms with Crippen LogP contribution in [0.4, 0.5) is 0 Å². The van der Waals surface area contributed by atoms with E-state index in [9.17, 15) is 9.59 Å². The molecule has 0 aromatic carbocycles. The van der Waals surface area contributed by atoms with Crippen LogP contribution in [-0.4, -0.2) is 32.8 Å². The van der Waals surface area contributed by atoms with Gasteiger partial charge in [-0.05, 0) is 40.5 Å². The molecule has 1 atom stereocenters. The number of amides is 1. The quantitative estimate of drug-likeness (QED) is 0.787. The smallest absolute Gasteiger partial charge is 0.326 e. The summed E-state index contributed by atoms with van der Waals surface area (Å²) in [5.41, 5.74) is 0.875. The van der Waals surface area contributed by atoms with Gasteiger partial charge in [0.05, 0.1) is 17.3 Å². The van der Waals surface area contributed by atoms with Crippen LogP contribution in [0, 0.1) is 6.92 Å². The van der Waals surface area contributed by atoms with Gasteiger partial charge in [-0.3, -0.25) is 9.48 Å². The Morgan fingerprint density at radius 2 is 2.14 bits per heavy atom. The maximum absolute atomic E-state index is 12.2. The highest BCUT2D eigenvalue weighted by atomic mass is 16.4. The van der Waals surface area contributed by atoms with Gasteiger partial charge in [-0.2, -0.15) is 5.10 Å². The van der Waals surface area contributed by atoms with Gasteiger partial charge in [0, 0.05) is 5.69 Å². The van der Waals surface area contributed by atoms with Gasteiger partial charge in [0.25, 0.3) is 5.91 Å². The van der Waals surface area contributed by atoms with E-state index in [0.717, 1.165) is 0 Å². The summed E-state index contributed by atoms with van der Waals surface area (Å²) >= 11 is 0. The summed E-state index contributed by atoms with van der Waals surface area (Å²) in [6.45, 7) is 11.3. The Hall–Kier alpha value is -2.11. The Morgan fingerprint density at radius 1 is 1.52 bits per heavy atom. The van der Waals surface area contributed by atoms with Crippen LogP contribution < -0.4 is 5.32 Å². The summed E-state index contributed by atoms with van der Waals surface area (Å²) in [5.74, 6) is -1.47. The first-order valence-electron chi connectivity index (χ1n) is 6.88. The molecular weight excluding hydrogens is 270 g/mol. The van der Waals surface area contributed by atoms with Crippen molar-refractivity contribution in [2.45, 2.75) is 52.1 Å². The second-order valence-electron chi connectivity index (χ2n) is 5.96. The highest BCUT2D eigenvalue weighted by Crippen LogP contribution is 2.18. The van der Waals surface area contributed by atoms with E-state index in [1.165, 1.54) is 6.20 Å². The molecule has 0 spiro atoms.